The number of fused-ring (bicyclic) bond motifs is 1. The van der Waals surface area contributed by atoms with Crippen LogP contribution in [0.25, 0.3) is 0 Å². The highest BCUT2D eigenvalue weighted by Gasteiger charge is 2.51. The van der Waals surface area contributed by atoms with Crippen molar-refractivity contribution in [1.29, 1.82) is 0 Å². The Labute approximate surface area is 169 Å². The number of likely N-dealkylation sites (N-methyl/N-ethyl adjacent to an activating group) is 1. The molecule has 152 valence electrons. The van der Waals surface area contributed by atoms with E-state index in [1.54, 1.807) is 0 Å². The number of likely N-dealkylation sites (tertiary alicyclic amines) is 1. The number of hydrogen-bond acceptors (Lipinski definition) is 4. The first-order valence-corrected chi connectivity index (χ1v) is 10.2. The van der Waals surface area contributed by atoms with Crippen LogP contribution in [0.15, 0.2) is 53.5 Å². The number of aliphatic imine (C=N–C) groups is 1. The summed E-state index contributed by atoms with van der Waals surface area (Å²) < 4.78 is 34.7. The van der Waals surface area contributed by atoms with Crippen LogP contribution in [-0.2, 0) is 11.2 Å². The summed E-state index contributed by atoms with van der Waals surface area (Å²) in [5.41, 5.74) is 2.51. The van der Waals surface area contributed by atoms with E-state index >= 15 is 0 Å². The van der Waals surface area contributed by atoms with Gasteiger partial charge in [-0.1, -0.05) is 36.4 Å². The van der Waals surface area contributed by atoms with Gasteiger partial charge < -0.3 is 14.5 Å². The smallest absolute Gasteiger partial charge is 0.289 e. The maximum absolute atomic E-state index is 14.9. The first kappa shape index (κ1) is 18.6. The number of piperidine rings is 1. The van der Waals surface area contributed by atoms with E-state index in [0.29, 0.717) is 25.5 Å². The minimum atomic E-state index is -1.03. The van der Waals surface area contributed by atoms with Crippen molar-refractivity contribution in [1.82, 2.24) is 9.80 Å². The molecule has 0 aliphatic carbocycles. The Morgan fingerprint density at radius 1 is 1.10 bits per heavy atom. The van der Waals surface area contributed by atoms with Crippen LogP contribution in [0, 0.1) is 5.82 Å². The van der Waals surface area contributed by atoms with E-state index in [4.69, 9.17) is 4.74 Å². The van der Waals surface area contributed by atoms with Crippen LogP contribution in [0.3, 0.4) is 0 Å². The highest BCUT2D eigenvalue weighted by atomic mass is 19.1. The van der Waals surface area contributed by atoms with Crippen LogP contribution in [0.1, 0.15) is 29.2 Å². The molecule has 0 aromatic heterocycles. The summed E-state index contributed by atoms with van der Waals surface area (Å²) in [6.45, 7) is 2.33. The molecule has 6 heteroatoms. The molecule has 0 unspecified atom stereocenters. The van der Waals surface area contributed by atoms with Gasteiger partial charge in [0, 0.05) is 19.6 Å². The molecule has 0 bridgehead atoms. The molecule has 2 aromatic carbocycles. The summed E-state index contributed by atoms with van der Waals surface area (Å²) in [5.74, 6) is -0.261. The lowest BCUT2D eigenvalue weighted by Gasteiger charge is -2.42. The number of benzene rings is 2. The Balaban J connectivity index is 1.50. The average molecular weight is 397 g/mol. The molecular formula is C23H25F2N3O. The van der Waals surface area contributed by atoms with E-state index in [1.807, 2.05) is 31.3 Å². The molecule has 3 heterocycles. The lowest BCUT2D eigenvalue weighted by atomic mass is 9.88. The molecule has 1 spiro atoms. The normalized spacial score (nSPS) is 29.5. The van der Waals surface area contributed by atoms with Gasteiger partial charge in [-0.3, -0.25) is 0 Å². The second kappa shape index (κ2) is 7.10. The Morgan fingerprint density at radius 2 is 1.90 bits per heavy atom. The number of hydrogen-bond donors (Lipinski definition) is 0. The second-order valence-electron chi connectivity index (χ2n) is 8.36. The molecule has 4 nitrogen and oxygen atoms in total. The Bertz CT molecular complexity index is 932. The maximum atomic E-state index is 14.9. The zero-order valence-corrected chi connectivity index (χ0v) is 16.5. The fraction of sp³-hybridized carbons (Fsp3) is 0.435. The van der Waals surface area contributed by atoms with E-state index in [0.717, 1.165) is 30.6 Å². The number of nitrogens with zero attached hydrogens (tertiary/aromatic N) is 3. The SMILES string of the molecule is CN1CC[C@H](F)[C@]2(CN=C(N3CCc4ccccc4[C@@H]3c3ccc(F)cc3)O2)C1. The van der Waals surface area contributed by atoms with Gasteiger partial charge in [0.05, 0.1) is 12.6 Å². The number of halogens is 2. The quantitative estimate of drug-likeness (QED) is 0.737. The number of alkyl halides is 1. The van der Waals surface area contributed by atoms with Crippen LogP contribution in [0.5, 0.6) is 0 Å². The van der Waals surface area contributed by atoms with Gasteiger partial charge in [0.25, 0.3) is 6.02 Å². The number of rotatable bonds is 1. The van der Waals surface area contributed by atoms with Gasteiger partial charge in [0.2, 0.25) is 0 Å². The second-order valence-corrected chi connectivity index (χ2v) is 8.36. The topological polar surface area (TPSA) is 28.1 Å². The molecule has 0 radical (unpaired) electrons. The standard InChI is InChI=1S/C23H25F2N3O/c1-27-12-11-20(25)23(15-27)14-26-22(29-23)28-13-10-16-4-2-3-5-19(16)21(28)17-6-8-18(24)9-7-17/h2-9,20-21H,10-15H2,1H3/t20-,21-,23-/m0/s1. The Kier molecular flexibility index (Phi) is 4.54. The summed E-state index contributed by atoms with van der Waals surface area (Å²) in [7, 11) is 1.99. The lowest BCUT2D eigenvalue weighted by molar-refractivity contribution is -0.0604. The van der Waals surface area contributed by atoms with Crippen molar-refractivity contribution in [3.05, 3.63) is 71.0 Å². The first-order valence-electron chi connectivity index (χ1n) is 10.2. The van der Waals surface area contributed by atoms with Crippen LogP contribution in [-0.4, -0.2) is 60.8 Å². The van der Waals surface area contributed by atoms with E-state index < -0.39 is 11.8 Å². The fourth-order valence-electron chi connectivity index (χ4n) is 4.85. The molecule has 0 N–H and O–H groups in total. The number of ether oxygens (including phenoxy) is 1. The van der Waals surface area contributed by atoms with Crippen molar-refractivity contribution in [3.63, 3.8) is 0 Å². The van der Waals surface area contributed by atoms with Crippen molar-refractivity contribution in [2.24, 2.45) is 4.99 Å². The Hall–Kier alpha value is -2.47. The van der Waals surface area contributed by atoms with Crippen molar-refractivity contribution in [2.75, 3.05) is 33.2 Å². The molecule has 0 amide bonds. The van der Waals surface area contributed by atoms with Crippen molar-refractivity contribution < 1.29 is 13.5 Å². The average Bonchev–Trinajstić information content (AvgIpc) is 3.15. The van der Waals surface area contributed by atoms with Gasteiger partial charge in [-0.25, -0.2) is 13.8 Å². The van der Waals surface area contributed by atoms with Gasteiger partial charge in [-0.2, -0.15) is 0 Å². The molecule has 2 aromatic rings. The van der Waals surface area contributed by atoms with Crippen LogP contribution in [0.4, 0.5) is 8.78 Å². The zero-order chi connectivity index (χ0) is 20.0. The van der Waals surface area contributed by atoms with Crippen LogP contribution in [0.2, 0.25) is 0 Å². The minimum Gasteiger partial charge on any atom is -0.452 e. The summed E-state index contributed by atoms with van der Waals surface area (Å²) in [6.07, 6.45) is 0.299. The summed E-state index contributed by atoms with van der Waals surface area (Å²) in [4.78, 5) is 8.89. The summed E-state index contributed by atoms with van der Waals surface area (Å²) in [6, 6.07) is 15.3. The van der Waals surface area contributed by atoms with E-state index in [1.165, 1.54) is 17.7 Å². The minimum absolute atomic E-state index is 0.131. The third-order valence-electron chi connectivity index (χ3n) is 6.36. The van der Waals surface area contributed by atoms with Gasteiger partial charge in [0.15, 0.2) is 5.60 Å². The number of amidine groups is 1. The Morgan fingerprint density at radius 3 is 2.72 bits per heavy atom. The van der Waals surface area contributed by atoms with Gasteiger partial charge in [-0.05, 0) is 48.7 Å². The maximum Gasteiger partial charge on any atom is 0.289 e. The summed E-state index contributed by atoms with van der Waals surface area (Å²) in [5, 5.41) is 0. The molecule has 0 saturated carbocycles. The zero-order valence-electron chi connectivity index (χ0n) is 16.5. The molecule has 1 saturated heterocycles. The van der Waals surface area contributed by atoms with E-state index in [-0.39, 0.29) is 11.9 Å². The van der Waals surface area contributed by atoms with Gasteiger partial charge >= 0.3 is 0 Å². The first-order chi connectivity index (χ1) is 14.1. The van der Waals surface area contributed by atoms with Crippen molar-refractivity contribution in [2.45, 2.75) is 30.7 Å². The predicted molar refractivity (Wildman–Crippen MR) is 108 cm³/mol. The fourth-order valence-corrected chi connectivity index (χ4v) is 4.85. The molecule has 3 aliphatic heterocycles. The highest BCUT2D eigenvalue weighted by molar-refractivity contribution is 5.78. The monoisotopic (exact) mass is 397 g/mol. The third kappa shape index (κ3) is 3.19. The van der Waals surface area contributed by atoms with E-state index in [2.05, 4.69) is 26.9 Å². The molecule has 3 atom stereocenters. The highest BCUT2D eigenvalue weighted by Crippen LogP contribution is 2.39. The van der Waals surface area contributed by atoms with Crippen molar-refractivity contribution >= 4 is 6.02 Å². The molecular weight excluding hydrogens is 372 g/mol. The largest absolute Gasteiger partial charge is 0.452 e. The predicted octanol–water partition coefficient (Wildman–Crippen LogP) is 3.57. The van der Waals surface area contributed by atoms with Crippen LogP contribution >= 0.6 is 0 Å². The van der Waals surface area contributed by atoms with Crippen LogP contribution < -0.4 is 0 Å². The third-order valence-corrected chi connectivity index (χ3v) is 6.36. The summed E-state index contributed by atoms with van der Waals surface area (Å²) >= 11 is 0. The van der Waals surface area contributed by atoms with Gasteiger partial charge in [-0.15, -0.1) is 0 Å². The van der Waals surface area contributed by atoms with E-state index in [9.17, 15) is 8.78 Å². The molecule has 29 heavy (non-hydrogen) atoms. The van der Waals surface area contributed by atoms with Gasteiger partial charge in [0.1, 0.15) is 12.0 Å². The molecule has 3 aliphatic rings. The molecule has 1 fully saturated rings. The van der Waals surface area contributed by atoms with Crippen molar-refractivity contribution in [3.8, 4) is 0 Å². The lowest BCUT2D eigenvalue weighted by Crippen LogP contribution is -2.57. The molecule has 5 rings (SSSR count).